The average molecular weight is 288 g/mol. The molecule has 0 saturated carbocycles. The van der Waals surface area contributed by atoms with Gasteiger partial charge in [-0.25, -0.2) is 0 Å². The van der Waals surface area contributed by atoms with Crippen LogP contribution in [-0.2, 0) is 0 Å². The summed E-state index contributed by atoms with van der Waals surface area (Å²) < 4.78 is 0. The molecule has 0 aliphatic heterocycles. The minimum atomic E-state index is -0.674. The Hall–Kier alpha value is -2.23. The number of benzene rings is 1. The Kier molecular flexibility index (Phi) is 3.81. The van der Waals surface area contributed by atoms with E-state index >= 15 is 0 Å². The molecule has 4 nitrogen and oxygen atoms in total. The third-order valence-electron chi connectivity index (χ3n) is 3.71. The molecular formula is C17H20O4. The van der Waals surface area contributed by atoms with Crippen LogP contribution in [-0.4, -0.2) is 15.3 Å². The molecule has 0 amide bonds. The van der Waals surface area contributed by atoms with Crippen molar-refractivity contribution < 1.29 is 15.3 Å². The van der Waals surface area contributed by atoms with E-state index in [2.05, 4.69) is 0 Å². The van der Waals surface area contributed by atoms with Crippen LogP contribution >= 0.6 is 0 Å². The van der Waals surface area contributed by atoms with Crippen molar-refractivity contribution in [2.45, 2.75) is 39.5 Å². The first-order valence-electron chi connectivity index (χ1n) is 6.99. The van der Waals surface area contributed by atoms with Gasteiger partial charge in [-0.3, -0.25) is 4.79 Å². The van der Waals surface area contributed by atoms with E-state index in [1.165, 1.54) is 12.1 Å². The van der Waals surface area contributed by atoms with Crippen molar-refractivity contribution in [1.82, 2.24) is 0 Å². The van der Waals surface area contributed by atoms with Crippen molar-refractivity contribution in [3.05, 3.63) is 39.5 Å². The molecule has 0 aliphatic carbocycles. The summed E-state index contributed by atoms with van der Waals surface area (Å²) in [5, 5.41) is 30.4. The first kappa shape index (κ1) is 15.2. The van der Waals surface area contributed by atoms with Gasteiger partial charge in [0.1, 0.15) is 0 Å². The zero-order valence-corrected chi connectivity index (χ0v) is 12.6. The minimum Gasteiger partial charge on any atom is -0.504 e. The number of phenolic OH excluding ortho intramolecular Hbond substituents is 2. The van der Waals surface area contributed by atoms with Gasteiger partial charge in [0.15, 0.2) is 17.2 Å². The standard InChI is InChI=1S/C17H20O4/c1-8(2)10-5-12-11(9(3)4)7-14(19)17(21)15(12)16(20)13(18)6-10/h5-9,19,21H,1-4H3,(H,18,20). The largest absolute Gasteiger partial charge is 0.504 e. The molecule has 2 aromatic carbocycles. The fraction of sp³-hybridized carbons (Fsp3) is 0.353. The second kappa shape index (κ2) is 5.28. The molecule has 2 rings (SSSR count). The molecule has 0 bridgehead atoms. The van der Waals surface area contributed by atoms with Gasteiger partial charge in [-0.1, -0.05) is 33.8 Å². The molecular weight excluding hydrogens is 268 g/mol. The summed E-state index contributed by atoms with van der Waals surface area (Å²) in [6, 6.07) is 4.70. The number of rotatable bonds is 2. The van der Waals surface area contributed by atoms with Crippen LogP contribution in [0.4, 0.5) is 0 Å². The maximum atomic E-state index is 12.3. The fourth-order valence-corrected chi connectivity index (χ4v) is 2.45. The highest BCUT2D eigenvalue weighted by Crippen LogP contribution is 2.38. The summed E-state index contributed by atoms with van der Waals surface area (Å²) in [5.41, 5.74) is 0.883. The molecule has 0 aromatic heterocycles. The lowest BCUT2D eigenvalue weighted by atomic mass is 9.94. The molecule has 3 N–H and O–H groups in total. The summed E-state index contributed by atoms with van der Waals surface area (Å²) in [4.78, 5) is 12.3. The van der Waals surface area contributed by atoms with Gasteiger partial charge in [0.2, 0.25) is 5.43 Å². The van der Waals surface area contributed by atoms with E-state index in [1.807, 2.05) is 27.7 Å². The van der Waals surface area contributed by atoms with Crippen molar-refractivity contribution in [3.63, 3.8) is 0 Å². The Morgan fingerprint density at radius 1 is 0.857 bits per heavy atom. The highest BCUT2D eigenvalue weighted by molar-refractivity contribution is 5.94. The first-order chi connectivity index (χ1) is 9.73. The lowest BCUT2D eigenvalue weighted by Crippen LogP contribution is -2.00. The second-order valence-electron chi connectivity index (χ2n) is 5.93. The summed E-state index contributed by atoms with van der Waals surface area (Å²) in [7, 11) is 0. The highest BCUT2D eigenvalue weighted by Gasteiger charge is 2.18. The quantitative estimate of drug-likeness (QED) is 0.738. The topological polar surface area (TPSA) is 77.8 Å². The maximum Gasteiger partial charge on any atom is 0.231 e. The Balaban J connectivity index is 3.14. The average Bonchev–Trinajstić information content (AvgIpc) is 2.52. The Labute approximate surface area is 123 Å². The summed E-state index contributed by atoms with van der Waals surface area (Å²) in [5.74, 6) is -1.09. The van der Waals surface area contributed by atoms with Crippen molar-refractivity contribution >= 4 is 10.8 Å². The third-order valence-corrected chi connectivity index (χ3v) is 3.71. The number of aromatic hydroxyl groups is 3. The molecule has 0 spiro atoms. The highest BCUT2D eigenvalue weighted by atomic mass is 16.3. The SMILES string of the molecule is CC(C)c1cc(O)c(=O)c2c(O)c(O)cc(C(C)C)c2c1. The number of hydrogen-bond donors (Lipinski definition) is 3. The molecule has 0 saturated heterocycles. The summed E-state index contributed by atoms with van der Waals surface area (Å²) in [6.07, 6.45) is 0. The van der Waals surface area contributed by atoms with Gasteiger partial charge < -0.3 is 15.3 Å². The van der Waals surface area contributed by atoms with E-state index in [-0.39, 0.29) is 23.0 Å². The number of hydrogen-bond acceptors (Lipinski definition) is 4. The summed E-state index contributed by atoms with van der Waals surface area (Å²) >= 11 is 0. The van der Waals surface area contributed by atoms with E-state index in [1.54, 1.807) is 6.07 Å². The first-order valence-corrected chi connectivity index (χ1v) is 6.99. The molecule has 0 radical (unpaired) electrons. The minimum absolute atomic E-state index is 0.0388. The second-order valence-corrected chi connectivity index (χ2v) is 5.93. The Morgan fingerprint density at radius 2 is 1.48 bits per heavy atom. The predicted molar refractivity (Wildman–Crippen MR) is 83.4 cm³/mol. The zero-order chi connectivity index (χ0) is 15.9. The van der Waals surface area contributed by atoms with Crippen molar-refractivity contribution in [2.75, 3.05) is 0 Å². The van der Waals surface area contributed by atoms with Crippen molar-refractivity contribution in [2.24, 2.45) is 0 Å². The molecule has 0 aliphatic rings. The van der Waals surface area contributed by atoms with E-state index in [9.17, 15) is 20.1 Å². The van der Waals surface area contributed by atoms with Crippen LogP contribution in [0.25, 0.3) is 10.8 Å². The lowest BCUT2D eigenvalue weighted by molar-refractivity contribution is 0.407. The smallest absolute Gasteiger partial charge is 0.231 e. The van der Waals surface area contributed by atoms with E-state index in [4.69, 9.17) is 0 Å². The van der Waals surface area contributed by atoms with Crippen molar-refractivity contribution in [1.29, 1.82) is 0 Å². The van der Waals surface area contributed by atoms with Gasteiger partial charge in [-0.2, -0.15) is 0 Å². The van der Waals surface area contributed by atoms with Crippen LogP contribution in [0.15, 0.2) is 23.0 Å². The normalized spacial score (nSPS) is 11.5. The van der Waals surface area contributed by atoms with Crippen LogP contribution < -0.4 is 5.43 Å². The maximum absolute atomic E-state index is 12.3. The molecule has 0 heterocycles. The number of phenols is 2. The van der Waals surface area contributed by atoms with Gasteiger partial charge >= 0.3 is 0 Å². The van der Waals surface area contributed by atoms with Crippen LogP contribution in [0, 0.1) is 0 Å². The monoisotopic (exact) mass is 288 g/mol. The molecule has 112 valence electrons. The van der Waals surface area contributed by atoms with E-state index < -0.39 is 16.9 Å². The fourth-order valence-electron chi connectivity index (χ4n) is 2.45. The van der Waals surface area contributed by atoms with E-state index in [0.717, 1.165) is 11.1 Å². The molecule has 0 atom stereocenters. The molecule has 0 fully saturated rings. The lowest BCUT2D eigenvalue weighted by Gasteiger charge is -2.11. The van der Waals surface area contributed by atoms with Gasteiger partial charge in [-0.05, 0) is 40.5 Å². The van der Waals surface area contributed by atoms with Crippen LogP contribution in [0.3, 0.4) is 0 Å². The third kappa shape index (κ3) is 2.53. The Bertz CT molecular complexity index is 761. The molecule has 0 unspecified atom stereocenters. The van der Waals surface area contributed by atoms with Gasteiger partial charge in [0.25, 0.3) is 0 Å². The van der Waals surface area contributed by atoms with Crippen LogP contribution in [0.1, 0.15) is 50.7 Å². The van der Waals surface area contributed by atoms with Gasteiger partial charge in [0.05, 0.1) is 5.39 Å². The van der Waals surface area contributed by atoms with Gasteiger partial charge in [0, 0.05) is 0 Å². The van der Waals surface area contributed by atoms with Gasteiger partial charge in [-0.15, -0.1) is 0 Å². The summed E-state index contributed by atoms with van der Waals surface area (Å²) in [6.45, 7) is 7.80. The van der Waals surface area contributed by atoms with Crippen LogP contribution in [0.2, 0.25) is 0 Å². The molecule has 2 aromatic rings. The predicted octanol–water partition coefficient (Wildman–Crippen LogP) is 3.56. The van der Waals surface area contributed by atoms with Crippen molar-refractivity contribution in [3.8, 4) is 17.2 Å². The van der Waals surface area contributed by atoms with Crippen LogP contribution in [0.5, 0.6) is 17.2 Å². The van der Waals surface area contributed by atoms with E-state index in [0.29, 0.717) is 5.39 Å². The number of fused-ring (bicyclic) bond motifs is 1. The Morgan fingerprint density at radius 3 is 2.00 bits per heavy atom. The zero-order valence-electron chi connectivity index (χ0n) is 12.6. The molecule has 21 heavy (non-hydrogen) atoms. The molecule has 4 heteroatoms.